The average molecular weight is 296 g/mol. The van der Waals surface area contributed by atoms with Crippen LogP contribution in [-0.4, -0.2) is 24.4 Å². The van der Waals surface area contributed by atoms with Gasteiger partial charge in [-0.3, -0.25) is 0 Å². The molecule has 8 nitrogen and oxygen atoms in total. The lowest BCUT2D eigenvalue weighted by atomic mass is 10.1. The molecule has 1 aliphatic carbocycles. The lowest BCUT2D eigenvalue weighted by Gasteiger charge is -2.00. The maximum absolute atomic E-state index is 10.7. The van der Waals surface area contributed by atoms with Gasteiger partial charge in [-0.05, 0) is 28.8 Å². The third kappa shape index (κ3) is 1.88. The highest BCUT2D eigenvalue weighted by Gasteiger charge is 2.28. The van der Waals surface area contributed by atoms with Crippen molar-refractivity contribution in [3.63, 3.8) is 0 Å². The van der Waals surface area contributed by atoms with Gasteiger partial charge in [-0.25, -0.2) is 9.97 Å². The highest BCUT2D eigenvalue weighted by molar-refractivity contribution is 6.00. The molecule has 1 saturated carbocycles. The smallest absolute Gasteiger partial charge is 0.363 e. The van der Waals surface area contributed by atoms with Gasteiger partial charge in [0.25, 0.3) is 0 Å². The van der Waals surface area contributed by atoms with Crippen LogP contribution in [0.25, 0.3) is 22.2 Å². The summed E-state index contributed by atoms with van der Waals surface area (Å²) in [4.78, 5) is 22.5. The van der Waals surface area contributed by atoms with Crippen molar-refractivity contribution in [2.75, 3.05) is 5.73 Å². The zero-order valence-electron chi connectivity index (χ0n) is 11.5. The Morgan fingerprint density at radius 3 is 2.73 bits per heavy atom. The predicted molar refractivity (Wildman–Crippen MR) is 80.1 cm³/mol. The van der Waals surface area contributed by atoms with E-state index in [9.17, 15) is 10.1 Å². The Bertz CT molecular complexity index is 882. The third-order valence-electron chi connectivity index (χ3n) is 3.82. The van der Waals surface area contributed by atoms with Crippen molar-refractivity contribution in [1.82, 2.24) is 19.5 Å². The van der Waals surface area contributed by atoms with Crippen LogP contribution in [0.5, 0.6) is 0 Å². The number of nitrogen functional groups attached to an aromatic ring is 1. The number of nitro groups is 1. The quantitative estimate of drug-likeness (QED) is 0.586. The minimum absolute atomic E-state index is 0.182. The summed E-state index contributed by atoms with van der Waals surface area (Å²) >= 11 is 0. The topological polar surface area (TPSA) is 113 Å². The van der Waals surface area contributed by atoms with E-state index in [0.29, 0.717) is 11.9 Å². The molecular weight excluding hydrogens is 284 g/mol. The molecule has 22 heavy (non-hydrogen) atoms. The molecule has 2 N–H and O–H groups in total. The number of nitrogens with zero attached hydrogens (tertiary/aromatic N) is 5. The van der Waals surface area contributed by atoms with Crippen LogP contribution in [0.4, 0.5) is 11.6 Å². The van der Waals surface area contributed by atoms with E-state index in [2.05, 4.69) is 19.5 Å². The number of fused-ring (bicyclic) bond motifs is 1. The largest absolute Gasteiger partial charge is 0.383 e. The molecule has 3 aromatic heterocycles. The molecule has 1 fully saturated rings. The van der Waals surface area contributed by atoms with Gasteiger partial charge in [-0.15, -0.1) is 0 Å². The molecule has 0 amide bonds. The summed E-state index contributed by atoms with van der Waals surface area (Å²) in [7, 11) is 0. The molecule has 0 saturated heterocycles. The Kier molecular flexibility index (Phi) is 2.59. The number of pyridine rings is 1. The van der Waals surface area contributed by atoms with Crippen LogP contribution < -0.4 is 5.73 Å². The summed E-state index contributed by atoms with van der Waals surface area (Å²) in [6, 6.07) is 3.50. The van der Waals surface area contributed by atoms with Crippen molar-refractivity contribution >= 4 is 22.7 Å². The monoisotopic (exact) mass is 296 g/mol. The van der Waals surface area contributed by atoms with Crippen LogP contribution in [0.3, 0.4) is 0 Å². The van der Waals surface area contributed by atoms with Crippen molar-refractivity contribution < 1.29 is 4.92 Å². The second-order valence-corrected chi connectivity index (χ2v) is 5.30. The summed E-state index contributed by atoms with van der Waals surface area (Å²) in [6.07, 6.45) is 7.15. The van der Waals surface area contributed by atoms with Crippen LogP contribution in [-0.2, 0) is 0 Å². The molecule has 0 aliphatic heterocycles. The number of hydrogen-bond donors (Lipinski definition) is 1. The standard InChI is InChI=1S/C14H12N6O2/c15-13-12-10(8-1-4-11(16-5-8)20(21)22)6-19(9-2-3-9)14(12)18-7-17-13/h1,4-7,9H,2-3H2,(H2,15,17,18). The van der Waals surface area contributed by atoms with Crippen molar-refractivity contribution in [3.05, 3.63) is 41.0 Å². The summed E-state index contributed by atoms with van der Waals surface area (Å²) in [6.45, 7) is 0. The van der Waals surface area contributed by atoms with Crippen molar-refractivity contribution in [2.24, 2.45) is 0 Å². The SMILES string of the molecule is Nc1ncnc2c1c(-c1ccc([N+](=O)[O-])nc1)cn2C1CC1. The summed E-state index contributed by atoms with van der Waals surface area (Å²) < 4.78 is 2.10. The summed E-state index contributed by atoms with van der Waals surface area (Å²) in [5.41, 5.74) is 8.42. The van der Waals surface area contributed by atoms with Gasteiger partial charge in [0.15, 0.2) is 0 Å². The minimum atomic E-state index is -0.519. The van der Waals surface area contributed by atoms with Gasteiger partial charge in [-0.2, -0.15) is 0 Å². The Balaban J connectivity index is 1.92. The third-order valence-corrected chi connectivity index (χ3v) is 3.82. The zero-order valence-corrected chi connectivity index (χ0v) is 11.5. The highest BCUT2D eigenvalue weighted by Crippen LogP contribution is 2.41. The highest BCUT2D eigenvalue weighted by atomic mass is 16.6. The predicted octanol–water partition coefficient (Wildman–Crippen LogP) is 2.32. The second-order valence-electron chi connectivity index (χ2n) is 5.30. The summed E-state index contributed by atoms with van der Waals surface area (Å²) in [5, 5.41) is 11.5. The van der Waals surface area contributed by atoms with Gasteiger partial charge >= 0.3 is 5.82 Å². The molecule has 0 aromatic carbocycles. The van der Waals surface area contributed by atoms with Gasteiger partial charge < -0.3 is 20.4 Å². The van der Waals surface area contributed by atoms with E-state index >= 15 is 0 Å². The molecule has 0 spiro atoms. The summed E-state index contributed by atoms with van der Waals surface area (Å²) in [5.74, 6) is 0.219. The van der Waals surface area contributed by atoms with Gasteiger partial charge in [0.2, 0.25) is 0 Å². The van der Waals surface area contributed by atoms with Crippen LogP contribution in [0.1, 0.15) is 18.9 Å². The number of aromatic nitrogens is 4. The Morgan fingerprint density at radius 1 is 1.27 bits per heavy atom. The Labute approximate surface area is 124 Å². The van der Waals surface area contributed by atoms with Crippen LogP contribution in [0.15, 0.2) is 30.9 Å². The van der Waals surface area contributed by atoms with Crippen molar-refractivity contribution in [2.45, 2.75) is 18.9 Å². The molecule has 0 bridgehead atoms. The van der Waals surface area contributed by atoms with Gasteiger partial charge in [0, 0.05) is 29.4 Å². The number of rotatable bonds is 3. The first kappa shape index (κ1) is 12.7. The fourth-order valence-electron chi connectivity index (χ4n) is 2.61. The lowest BCUT2D eigenvalue weighted by molar-refractivity contribution is -0.389. The fourth-order valence-corrected chi connectivity index (χ4v) is 2.61. The lowest BCUT2D eigenvalue weighted by Crippen LogP contribution is -1.96. The molecule has 0 unspecified atom stereocenters. The maximum atomic E-state index is 10.7. The van der Waals surface area contributed by atoms with Crippen LogP contribution in [0.2, 0.25) is 0 Å². The van der Waals surface area contributed by atoms with E-state index in [-0.39, 0.29) is 5.82 Å². The molecule has 3 heterocycles. The van der Waals surface area contributed by atoms with Crippen molar-refractivity contribution in [3.8, 4) is 11.1 Å². The number of nitrogens with two attached hydrogens (primary N) is 1. The van der Waals surface area contributed by atoms with E-state index in [1.54, 1.807) is 6.07 Å². The normalized spacial score (nSPS) is 14.4. The first-order chi connectivity index (χ1) is 10.6. The van der Waals surface area contributed by atoms with Crippen molar-refractivity contribution in [1.29, 1.82) is 0 Å². The fraction of sp³-hybridized carbons (Fsp3) is 0.214. The van der Waals surface area contributed by atoms with E-state index < -0.39 is 4.92 Å². The van der Waals surface area contributed by atoms with E-state index in [1.807, 2.05) is 6.20 Å². The zero-order chi connectivity index (χ0) is 15.3. The molecule has 110 valence electrons. The molecule has 0 radical (unpaired) electrons. The first-order valence-electron chi connectivity index (χ1n) is 6.87. The maximum Gasteiger partial charge on any atom is 0.363 e. The Hall–Kier alpha value is -3.03. The minimum Gasteiger partial charge on any atom is -0.383 e. The molecule has 8 heteroatoms. The van der Waals surface area contributed by atoms with Gasteiger partial charge in [-0.1, -0.05) is 0 Å². The second kappa shape index (κ2) is 4.48. The Morgan fingerprint density at radius 2 is 2.09 bits per heavy atom. The molecule has 3 aromatic rings. The molecule has 0 atom stereocenters. The van der Waals surface area contributed by atoms with Gasteiger partial charge in [0.05, 0.1) is 5.39 Å². The van der Waals surface area contributed by atoms with Crippen LogP contribution >= 0.6 is 0 Å². The van der Waals surface area contributed by atoms with E-state index in [4.69, 9.17) is 5.73 Å². The van der Waals surface area contributed by atoms with E-state index in [0.717, 1.165) is 35.0 Å². The molecule has 1 aliphatic rings. The number of anilines is 1. The average Bonchev–Trinajstić information content (AvgIpc) is 3.28. The first-order valence-corrected chi connectivity index (χ1v) is 6.87. The molecule has 4 rings (SSSR count). The van der Waals surface area contributed by atoms with Gasteiger partial charge in [0.1, 0.15) is 24.0 Å². The molecular formula is C14H12N6O2. The van der Waals surface area contributed by atoms with E-state index in [1.165, 1.54) is 18.6 Å². The number of hydrogen-bond acceptors (Lipinski definition) is 6. The van der Waals surface area contributed by atoms with Crippen LogP contribution in [0, 0.1) is 10.1 Å².